The fourth-order valence-electron chi connectivity index (χ4n) is 2.10. The van der Waals surface area contributed by atoms with Crippen molar-refractivity contribution in [1.82, 2.24) is 4.90 Å². The number of hydrogen-bond donors (Lipinski definition) is 1. The van der Waals surface area contributed by atoms with Crippen LogP contribution in [0, 0.1) is 3.57 Å². The molecule has 1 aromatic carbocycles. The number of rotatable bonds is 0. The molecule has 1 heterocycles. The van der Waals surface area contributed by atoms with E-state index in [1.807, 2.05) is 4.90 Å². The van der Waals surface area contributed by atoms with Crippen molar-refractivity contribution in [3.63, 3.8) is 0 Å². The normalized spacial score (nSPS) is 15.5. The highest BCUT2D eigenvalue weighted by Gasteiger charge is 2.18. The fraction of sp³-hybridized carbons (Fsp3) is 0.417. The van der Waals surface area contributed by atoms with Gasteiger partial charge in [-0.25, -0.2) is 0 Å². The first-order chi connectivity index (χ1) is 7.59. The summed E-state index contributed by atoms with van der Waals surface area (Å²) in [5.41, 5.74) is 9.36. The molecule has 1 amide bonds. The molecule has 0 aliphatic carbocycles. The highest BCUT2D eigenvalue weighted by Crippen LogP contribution is 2.28. The summed E-state index contributed by atoms with van der Waals surface area (Å²) in [7, 11) is 0. The van der Waals surface area contributed by atoms with Crippen LogP contribution in [0.1, 0.15) is 24.5 Å². The smallest absolute Gasteiger partial charge is 0.219 e. The van der Waals surface area contributed by atoms with Gasteiger partial charge >= 0.3 is 0 Å². The highest BCUT2D eigenvalue weighted by atomic mass is 127. The number of benzene rings is 1. The number of nitrogen functional groups attached to an aromatic ring is 1. The van der Waals surface area contributed by atoms with Crippen molar-refractivity contribution in [3.8, 4) is 0 Å². The third kappa shape index (κ3) is 2.16. The van der Waals surface area contributed by atoms with Crippen LogP contribution in [0.5, 0.6) is 0 Å². The molecule has 0 aromatic heterocycles. The van der Waals surface area contributed by atoms with E-state index in [0.717, 1.165) is 34.2 Å². The maximum Gasteiger partial charge on any atom is 0.219 e. The number of halogens is 1. The molecule has 2 N–H and O–H groups in total. The number of fused-ring (bicyclic) bond motifs is 1. The van der Waals surface area contributed by atoms with Crippen LogP contribution in [0.4, 0.5) is 5.69 Å². The number of hydrogen-bond acceptors (Lipinski definition) is 2. The van der Waals surface area contributed by atoms with Crippen molar-refractivity contribution in [1.29, 1.82) is 0 Å². The van der Waals surface area contributed by atoms with Crippen LogP contribution in [0.15, 0.2) is 12.1 Å². The van der Waals surface area contributed by atoms with E-state index in [0.29, 0.717) is 6.54 Å². The van der Waals surface area contributed by atoms with Gasteiger partial charge in [-0.1, -0.05) is 6.07 Å². The largest absolute Gasteiger partial charge is 0.398 e. The standard InChI is InChI=1S/C12H15IN2O/c1-8(16)15-6-2-3-9-4-5-11(13)12(14)10(9)7-15/h4-5H,2-3,6-7,14H2,1H3. The summed E-state index contributed by atoms with van der Waals surface area (Å²) in [5, 5.41) is 0. The van der Waals surface area contributed by atoms with Gasteiger partial charge in [0.2, 0.25) is 5.91 Å². The highest BCUT2D eigenvalue weighted by molar-refractivity contribution is 14.1. The lowest BCUT2D eigenvalue weighted by Gasteiger charge is -2.20. The second kappa shape index (κ2) is 4.61. The van der Waals surface area contributed by atoms with E-state index in [1.165, 1.54) is 5.56 Å². The number of amides is 1. The summed E-state index contributed by atoms with van der Waals surface area (Å²) < 4.78 is 1.07. The van der Waals surface area contributed by atoms with Crippen molar-refractivity contribution < 1.29 is 4.79 Å². The third-order valence-electron chi connectivity index (χ3n) is 3.07. The Morgan fingerprint density at radius 2 is 2.25 bits per heavy atom. The molecule has 0 radical (unpaired) electrons. The van der Waals surface area contributed by atoms with E-state index in [9.17, 15) is 4.79 Å². The fourth-order valence-corrected chi connectivity index (χ4v) is 2.61. The first-order valence-corrected chi connectivity index (χ1v) is 6.48. The van der Waals surface area contributed by atoms with Gasteiger partial charge in [-0.2, -0.15) is 0 Å². The first kappa shape index (κ1) is 11.7. The molecule has 0 spiro atoms. The maximum absolute atomic E-state index is 11.4. The average Bonchev–Trinajstić information content (AvgIpc) is 2.46. The van der Waals surface area contributed by atoms with Crippen LogP contribution < -0.4 is 5.73 Å². The summed E-state index contributed by atoms with van der Waals surface area (Å²) in [6.07, 6.45) is 2.03. The maximum atomic E-state index is 11.4. The number of aryl methyl sites for hydroxylation is 1. The lowest BCUT2D eigenvalue weighted by Crippen LogP contribution is -2.28. The molecular formula is C12H15IN2O. The SMILES string of the molecule is CC(=O)N1CCCc2ccc(I)c(N)c2C1. The Kier molecular flexibility index (Phi) is 3.37. The minimum absolute atomic E-state index is 0.131. The van der Waals surface area contributed by atoms with Crippen LogP contribution in [-0.2, 0) is 17.8 Å². The van der Waals surface area contributed by atoms with E-state index < -0.39 is 0 Å². The molecule has 0 saturated carbocycles. The number of anilines is 1. The minimum atomic E-state index is 0.131. The Morgan fingerprint density at radius 3 is 2.94 bits per heavy atom. The molecule has 0 saturated heterocycles. The third-order valence-corrected chi connectivity index (χ3v) is 4.01. The van der Waals surface area contributed by atoms with Crippen molar-refractivity contribution in [3.05, 3.63) is 26.8 Å². The molecule has 0 fully saturated rings. The van der Waals surface area contributed by atoms with Crippen molar-refractivity contribution >= 4 is 34.2 Å². The molecule has 0 bridgehead atoms. The molecule has 1 aliphatic rings. The predicted molar refractivity (Wildman–Crippen MR) is 73.0 cm³/mol. The summed E-state index contributed by atoms with van der Waals surface area (Å²) in [5.74, 6) is 0.131. The summed E-state index contributed by atoms with van der Waals surface area (Å²) >= 11 is 2.24. The van der Waals surface area contributed by atoms with Gasteiger partial charge in [-0.05, 0) is 52.6 Å². The van der Waals surface area contributed by atoms with Crippen molar-refractivity contribution in [2.24, 2.45) is 0 Å². The zero-order chi connectivity index (χ0) is 11.7. The molecule has 16 heavy (non-hydrogen) atoms. The van der Waals surface area contributed by atoms with Crippen LogP contribution in [0.3, 0.4) is 0 Å². The van der Waals surface area contributed by atoms with Crippen LogP contribution in [-0.4, -0.2) is 17.4 Å². The second-order valence-corrected chi connectivity index (χ2v) is 5.31. The quantitative estimate of drug-likeness (QED) is 0.585. The average molecular weight is 330 g/mol. The first-order valence-electron chi connectivity index (χ1n) is 5.41. The van der Waals surface area contributed by atoms with Gasteiger partial charge in [0.25, 0.3) is 0 Å². The van der Waals surface area contributed by atoms with E-state index in [4.69, 9.17) is 5.73 Å². The lowest BCUT2D eigenvalue weighted by atomic mass is 10.0. The molecule has 1 aromatic rings. The molecular weight excluding hydrogens is 315 g/mol. The molecule has 86 valence electrons. The number of carbonyl (C=O) groups excluding carboxylic acids is 1. The molecule has 0 atom stereocenters. The van der Waals surface area contributed by atoms with E-state index >= 15 is 0 Å². The van der Waals surface area contributed by atoms with E-state index in [2.05, 4.69) is 34.7 Å². The van der Waals surface area contributed by atoms with Crippen molar-refractivity contribution in [2.45, 2.75) is 26.3 Å². The predicted octanol–water partition coefficient (Wildman–Crippen LogP) is 2.17. The second-order valence-electron chi connectivity index (χ2n) is 4.14. The zero-order valence-corrected chi connectivity index (χ0v) is 11.5. The monoisotopic (exact) mass is 330 g/mol. The van der Waals surface area contributed by atoms with Gasteiger partial charge in [0, 0.05) is 23.6 Å². The van der Waals surface area contributed by atoms with E-state index in [-0.39, 0.29) is 5.91 Å². The summed E-state index contributed by atoms with van der Waals surface area (Å²) in [4.78, 5) is 13.3. The number of carbonyl (C=O) groups is 1. The van der Waals surface area contributed by atoms with Gasteiger partial charge < -0.3 is 10.6 Å². The summed E-state index contributed by atoms with van der Waals surface area (Å²) in [6, 6.07) is 4.19. The van der Waals surface area contributed by atoms with Crippen molar-refractivity contribution in [2.75, 3.05) is 12.3 Å². The topological polar surface area (TPSA) is 46.3 Å². The van der Waals surface area contributed by atoms with E-state index in [1.54, 1.807) is 6.92 Å². The Labute approximate surface area is 109 Å². The number of nitrogens with two attached hydrogens (primary N) is 1. The van der Waals surface area contributed by atoms with Crippen LogP contribution in [0.25, 0.3) is 0 Å². The van der Waals surface area contributed by atoms with Gasteiger partial charge in [-0.15, -0.1) is 0 Å². The molecule has 2 rings (SSSR count). The lowest BCUT2D eigenvalue weighted by molar-refractivity contribution is -0.129. The zero-order valence-electron chi connectivity index (χ0n) is 9.29. The minimum Gasteiger partial charge on any atom is -0.398 e. The van der Waals surface area contributed by atoms with Gasteiger partial charge in [-0.3, -0.25) is 4.79 Å². The Balaban J connectivity index is 2.41. The Bertz CT molecular complexity index is 431. The molecule has 1 aliphatic heterocycles. The Morgan fingerprint density at radius 1 is 1.50 bits per heavy atom. The van der Waals surface area contributed by atoms with Crippen LogP contribution >= 0.6 is 22.6 Å². The molecule has 4 heteroatoms. The Hall–Kier alpha value is -0.780. The molecule has 3 nitrogen and oxygen atoms in total. The summed E-state index contributed by atoms with van der Waals surface area (Å²) in [6.45, 7) is 3.11. The number of nitrogens with zero attached hydrogens (tertiary/aromatic N) is 1. The van der Waals surface area contributed by atoms with Gasteiger partial charge in [0.15, 0.2) is 0 Å². The van der Waals surface area contributed by atoms with Gasteiger partial charge in [0.05, 0.1) is 5.69 Å². The molecule has 0 unspecified atom stereocenters. The van der Waals surface area contributed by atoms with Crippen LogP contribution in [0.2, 0.25) is 0 Å². The van der Waals surface area contributed by atoms with Gasteiger partial charge in [0.1, 0.15) is 0 Å².